The highest BCUT2D eigenvalue weighted by Gasteiger charge is 2.11. The lowest BCUT2D eigenvalue weighted by atomic mass is 10.2. The summed E-state index contributed by atoms with van der Waals surface area (Å²) in [4.78, 5) is 26.8. The van der Waals surface area contributed by atoms with Crippen LogP contribution in [0.3, 0.4) is 0 Å². The van der Waals surface area contributed by atoms with Crippen molar-refractivity contribution in [3.8, 4) is 5.88 Å². The largest absolute Gasteiger partial charge is 0.494 e. The number of anilines is 1. The van der Waals surface area contributed by atoms with E-state index < -0.39 is 17.1 Å². The summed E-state index contributed by atoms with van der Waals surface area (Å²) >= 11 is 0. The zero-order chi connectivity index (χ0) is 14.7. The number of hydrazone groups is 1. The van der Waals surface area contributed by atoms with E-state index in [-0.39, 0.29) is 11.3 Å². The third-order valence-electron chi connectivity index (χ3n) is 2.77. The van der Waals surface area contributed by atoms with Crippen molar-refractivity contribution in [1.82, 2.24) is 9.97 Å². The van der Waals surface area contributed by atoms with Gasteiger partial charge in [0.05, 0.1) is 11.4 Å². The molecule has 0 saturated carbocycles. The van der Waals surface area contributed by atoms with Crippen molar-refractivity contribution in [2.75, 3.05) is 5.43 Å². The maximum absolute atomic E-state index is 11.6. The number of rotatable bonds is 3. The molecular weight excluding hydrogens is 260 g/mol. The van der Waals surface area contributed by atoms with Gasteiger partial charge in [-0.25, -0.2) is 4.79 Å². The van der Waals surface area contributed by atoms with E-state index in [0.717, 1.165) is 11.3 Å². The SMILES string of the molecule is CC(=NNc1ccccc1C)c1c(O)[nH]c(=O)[nH]c1=O. The van der Waals surface area contributed by atoms with Crippen LogP contribution < -0.4 is 16.7 Å². The summed E-state index contributed by atoms with van der Waals surface area (Å²) in [6, 6.07) is 7.50. The van der Waals surface area contributed by atoms with E-state index in [4.69, 9.17) is 0 Å². The molecule has 104 valence electrons. The van der Waals surface area contributed by atoms with Crippen molar-refractivity contribution in [1.29, 1.82) is 0 Å². The van der Waals surface area contributed by atoms with Gasteiger partial charge in [-0.1, -0.05) is 18.2 Å². The topological polar surface area (TPSA) is 110 Å². The van der Waals surface area contributed by atoms with Crippen LogP contribution in [-0.2, 0) is 0 Å². The lowest BCUT2D eigenvalue weighted by Gasteiger charge is -2.06. The van der Waals surface area contributed by atoms with Gasteiger partial charge in [0.2, 0.25) is 5.88 Å². The molecule has 4 N–H and O–H groups in total. The lowest BCUT2D eigenvalue weighted by molar-refractivity contribution is 0.447. The molecule has 7 nitrogen and oxygen atoms in total. The Bertz CT molecular complexity index is 774. The van der Waals surface area contributed by atoms with Crippen molar-refractivity contribution in [3.05, 3.63) is 56.2 Å². The number of aromatic amines is 2. The van der Waals surface area contributed by atoms with Gasteiger partial charge in [-0.2, -0.15) is 5.10 Å². The summed E-state index contributed by atoms with van der Waals surface area (Å²) < 4.78 is 0. The van der Waals surface area contributed by atoms with Crippen molar-refractivity contribution in [2.24, 2.45) is 5.10 Å². The molecule has 2 rings (SSSR count). The van der Waals surface area contributed by atoms with E-state index in [2.05, 4.69) is 15.5 Å². The highest BCUT2D eigenvalue weighted by molar-refractivity contribution is 6.00. The fourth-order valence-electron chi connectivity index (χ4n) is 1.71. The number of nitrogens with one attached hydrogen (secondary N) is 3. The number of aromatic nitrogens is 2. The van der Waals surface area contributed by atoms with Crippen molar-refractivity contribution in [2.45, 2.75) is 13.8 Å². The molecule has 0 aliphatic heterocycles. The molecule has 0 atom stereocenters. The van der Waals surface area contributed by atoms with Crippen LogP contribution in [0.2, 0.25) is 0 Å². The minimum absolute atomic E-state index is 0.0781. The summed E-state index contributed by atoms with van der Waals surface area (Å²) in [5.41, 5.74) is 3.30. The third kappa shape index (κ3) is 2.77. The molecule has 0 unspecified atom stereocenters. The first-order valence-corrected chi connectivity index (χ1v) is 5.91. The number of hydrogen-bond donors (Lipinski definition) is 4. The van der Waals surface area contributed by atoms with E-state index in [1.807, 2.05) is 36.2 Å². The van der Waals surface area contributed by atoms with Gasteiger partial charge >= 0.3 is 5.69 Å². The molecule has 0 amide bonds. The van der Waals surface area contributed by atoms with Crippen LogP contribution in [0.1, 0.15) is 18.1 Å². The zero-order valence-electron chi connectivity index (χ0n) is 11.0. The minimum Gasteiger partial charge on any atom is -0.494 e. The Labute approximate surface area is 114 Å². The van der Waals surface area contributed by atoms with Gasteiger partial charge in [0, 0.05) is 0 Å². The maximum Gasteiger partial charge on any atom is 0.328 e. The summed E-state index contributed by atoms with van der Waals surface area (Å²) in [5, 5.41) is 13.7. The minimum atomic E-state index is -0.768. The van der Waals surface area contributed by atoms with Crippen LogP contribution in [0, 0.1) is 6.92 Å². The van der Waals surface area contributed by atoms with E-state index in [1.165, 1.54) is 0 Å². The van der Waals surface area contributed by atoms with Gasteiger partial charge in [0.15, 0.2) is 0 Å². The number of aryl methyl sites for hydroxylation is 1. The Kier molecular flexibility index (Phi) is 3.69. The van der Waals surface area contributed by atoms with Gasteiger partial charge in [0.25, 0.3) is 5.56 Å². The van der Waals surface area contributed by atoms with Crippen LogP contribution in [0.15, 0.2) is 39.0 Å². The number of benzene rings is 1. The third-order valence-corrected chi connectivity index (χ3v) is 2.77. The number of nitrogens with zero attached hydrogens (tertiary/aromatic N) is 1. The Morgan fingerprint density at radius 3 is 2.60 bits per heavy atom. The summed E-state index contributed by atoms with van der Waals surface area (Å²) in [7, 11) is 0. The Morgan fingerprint density at radius 2 is 1.95 bits per heavy atom. The van der Waals surface area contributed by atoms with Crippen LogP contribution in [0.25, 0.3) is 0 Å². The fraction of sp³-hybridized carbons (Fsp3) is 0.154. The van der Waals surface area contributed by atoms with E-state index in [0.29, 0.717) is 0 Å². The van der Waals surface area contributed by atoms with E-state index in [1.54, 1.807) is 6.92 Å². The van der Waals surface area contributed by atoms with Gasteiger partial charge in [-0.3, -0.25) is 20.2 Å². The average molecular weight is 274 g/mol. The maximum atomic E-state index is 11.6. The molecule has 0 bridgehead atoms. The zero-order valence-corrected chi connectivity index (χ0v) is 11.0. The summed E-state index contributed by atoms with van der Waals surface area (Å²) in [6.07, 6.45) is 0. The second-order valence-electron chi connectivity index (χ2n) is 4.26. The second-order valence-corrected chi connectivity index (χ2v) is 4.26. The van der Waals surface area contributed by atoms with Crippen LogP contribution >= 0.6 is 0 Å². The first-order chi connectivity index (χ1) is 9.49. The molecule has 0 radical (unpaired) electrons. The molecule has 0 spiro atoms. The van der Waals surface area contributed by atoms with Crippen molar-refractivity contribution in [3.63, 3.8) is 0 Å². The van der Waals surface area contributed by atoms with Crippen LogP contribution in [0.4, 0.5) is 5.69 Å². The molecule has 0 aliphatic carbocycles. The lowest BCUT2D eigenvalue weighted by Crippen LogP contribution is -2.27. The summed E-state index contributed by atoms with van der Waals surface area (Å²) in [6.45, 7) is 3.46. The first kappa shape index (κ1) is 13.6. The Morgan fingerprint density at radius 1 is 1.25 bits per heavy atom. The standard InChI is InChI=1S/C13H14N4O3/c1-7-5-3-4-6-9(7)17-16-8(2)10-11(18)14-13(20)15-12(10)19/h3-6,17H,1-2H3,(H3,14,15,18,19,20). The number of H-pyrrole nitrogens is 2. The Balaban J connectivity index is 2.35. The molecule has 0 aliphatic rings. The predicted molar refractivity (Wildman–Crippen MR) is 76.4 cm³/mol. The van der Waals surface area contributed by atoms with E-state index in [9.17, 15) is 14.7 Å². The molecule has 1 aromatic heterocycles. The molecule has 7 heteroatoms. The number of hydrogen-bond acceptors (Lipinski definition) is 5. The highest BCUT2D eigenvalue weighted by Crippen LogP contribution is 2.14. The number of aromatic hydroxyl groups is 1. The molecule has 1 heterocycles. The van der Waals surface area contributed by atoms with Crippen LogP contribution in [-0.4, -0.2) is 20.8 Å². The van der Waals surface area contributed by atoms with Gasteiger partial charge < -0.3 is 5.11 Å². The molecular formula is C13H14N4O3. The Hall–Kier alpha value is -2.83. The molecule has 20 heavy (non-hydrogen) atoms. The second kappa shape index (κ2) is 5.43. The number of para-hydroxylation sites is 1. The van der Waals surface area contributed by atoms with E-state index >= 15 is 0 Å². The molecule has 2 aromatic rings. The highest BCUT2D eigenvalue weighted by atomic mass is 16.3. The van der Waals surface area contributed by atoms with Gasteiger partial charge in [-0.15, -0.1) is 0 Å². The fourth-order valence-corrected chi connectivity index (χ4v) is 1.71. The molecule has 0 saturated heterocycles. The first-order valence-electron chi connectivity index (χ1n) is 5.91. The van der Waals surface area contributed by atoms with Crippen LogP contribution in [0.5, 0.6) is 5.88 Å². The smallest absolute Gasteiger partial charge is 0.328 e. The average Bonchev–Trinajstić information content (AvgIpc) is 2.36. The van der Waals surface area contributed by atoms with Gasteiger partial charge in [0.1, 0.15) is 5.56 Å². The normalized spacial score (nSPS) is 11.4. The monoisotopic (exact) mass is 274 g/mol. The summed E-state index contributed by atoms with van der Waals surface area (Å²) in [5.74, 6) is -0.508. The van der Waals surface area contributed by atoms with Crippen molar-refractivity contribution < 1.29 is 5.11 Å². The van der Waals surface area contributed by atoms with Gasteiger partial charge in [-0.05, 0) is 25.5 Å². The predicted octanol–water partition coefficient (Wildman–Crippen LogP) is 0.913. The van der Waals surface area contributed by atoms with Crippen molar-refractivity contribution >= 4 is 11.4 Å². The quantitative estimate of drug-likeness (QED) is 0.492. The molecule has 0 fully saturated rings. The molecule has 1 aromatic carbocycles.